The lowest BCUT2D eigenvalue weighted by Gasteiger charge is -2.20. The number of hydrogen-bond donors (Lipinski definition) is 1. The van der Waals surface area contributed by atoms with Crippen molar-refractivity contribution in [2.75, 3.05) is 12.3 Å². The SMILES string of the molecule is Nc1cccnc1S(=O)(=O)N1CCCc2ccccc2C1. The molecule has 1 aliphatic rings. The van der Waals surface area contributed by atoms with Crippen LogP contribution in [0.4, 0.5) is 5.69 Å². The Kier molecular flexibility index (Phi) is 3.65. The first kappa shape index (κ1) is 14.0. The zero-order chi connectivity index (χ0) is 14.9. The van der Waals surface area contributed by atoms with Crippen LogP contribution in [0.25, 0.3) is 0 Å². The molecule has 0 atom stereocenters. The molecule has 0 aliphatic carbocycles. The van der Waals surface area contributed by atoms with E-state index in [4.69, 9.17) is 5.73 Å². The summed E-state index contributed by atoms with van der Waals surface area (Å²) in [6.45, 7) is 0.849. The highest BCUT2D eigenvalue weighted by Gasteiger charge is 2.29. The summed E-state index contributed by atoms with van der Waals surface area (Å²) in [4.78, 5) is 3.96. The van der Waals surface area contributed by atoms with Gasteiger partial charge in [0.15, 0.2) is 5.03 Å². The van der Waals surface area contributed by atoms with E-state index in [0.717, 1.165) is 18.4 Å². The van der Waals surface area contributed by atoms with Crippen molar-refractivity contribution < 1.29 is 8.42 Å². The van der Waals surface area contributed by atoms with Crippen molar-refractivity contribution in [3.63, 3.8) is 0 Å². The van der Waals surface area contributed by atoms with E-state index in [2.05, 4.69) is 11.1 Å². The average Bonchev–Trinajstić information content (AvgIpc) is 2.70. The number of anilines is 1. The van der Waals surface area contributed by atoms with E-state index in [-0.39, 0.29) is 10.7 Å². The van der Waals surface area contributed by atoms with Gasteiger partial charge in [-0.2, -0.15) is 4.31 Å². The normalized spacial score (nSPS) is 16.2. The van der Waals surface area contributed by atoms with E-state index in [1.807, 2.05) is 18.2 Å². The number of nitrogen functional groups attached to an aromatic ring is 1. The second kappa shape index (κ2) is 5.46. The van der Waals surface area contributed by atoms with Gasteiger partial charge in [0.1, 0.15) is 0 Å². The topological polar surface area (TPSA) is 76.3 Å². The van der Waals surface area contributed by atoms with Gasteiger partial charge in [0.2, 0.25) is 0 Å². The Morgan fingerprint density at radius 2 is 1.86 bits per heavy atom. The Morgan fingerprint density at radius 3 is 2.62 bits per heavy atom. The number of sulfonamides is 1. The van der Waals surface area contributed by atoms with Crippen LogP contribution in [-0.2, 0) is 23.0 Å². The Bertz CT molecular complexity index is 759. The van der Waals surface area contributed by atoms with Crippen LogP contribution in [0.3, 0.4) is 0 Å². The third-order valence-corrected chi connectivity index (χ3v) is 5.52. The molecule has 21 heavy (non-hydrogen) atoms. The van der Waals surface area contributed by atoms with Crippen molar-refractivity contribution in [2.45, 2.75) is 24.4 Å². The van der Waals surface area contributed by atoms with Crippen molar-refractivity contribution in [1.82, 2.24) is 9.29 Å². The van der Waals surface area contributed by atoms with Crippen LogP contribution in [0.1, 0.15) is 17.5 Å². The Labute approximate surface area is 124 Å². The maximum Gasteiger partial charge on any atom is 0.262 e. The van der Waals surface area contributed by atoms with Gasteiger partial charge in [0.05, 0.1) is 5.69 Å². The molecule has 6 heteroatoms. The summed E-state index contributed by atoms with van der Waals surface area (Å²) >= 11 is 0. The van der Waals surface area contributed by atoms with Crippen molar-refractivity contribution in [3.05, 3.63) is 53.7 Å². The molecule has 0 saturated heterocycles. The standard InChI is InChI=1S/C15H17N3O2S/c16-14-8-3-9-17-15(14)21(19,20)18-10-4-7-12-5-1-2-6-13(12)11-18/h1-3,5-6,8-9H,4,7,10-11,16H2. The predicted octanol–water partition coefficient (Wildman–Crippen LogP) is 1.80. The summed E-state index contributed by atoms with van der Waals surface area (Å²) in [6.07, 6.45) is 3.14. The van der Waals surface area contributed by atoms with Gasteiger partial charge >= 0.3 is 0 Å². The van der Waals surface area contributed by atoms with E-state index in [1.165, 1.54) is 16.1 Å². The van der Waals surface area contributed by atoms with Gasteiger partial charge < -0.3 is 5.73 Å². The number of pyridine rings is 1. The van der Waals surface area contributed by atoms with E-state index >= 15 is 0 Å². The molecule has 0 unspecified atom stereocenters. The van der Waals surface area contributed by atoms with Gasteiger partial charge in [-0.05, 0) is 36.1 Å². The number of hydrogen-bond acceptors (Lipinski definition) is 4. The lowest BCUT2D eigenvalue weighted by molar-refractivity contribution is 0.408. The molecule has 2 aromatic rings. The number of benzene rings is 1. The number of nitrogens with zero attached hydrogens (tertiary/aromatic N) is 2. The van der Waals surface area contributed by atoms with Crippen LogP contribution in [0.2, 0.25) is 0 Å². The Hall–Kier alpha value is -1.92. The van der Waals surface area contributed by atoms with Gasteiger partial charge in [-0.3, -0.25) is 0 Å². The molecule has 0 saturated carbocycles. The van der Waals surface area contributed by atoms with Crippen molar-refractivity contribution >= 4 is 15.7 Å². The minimum absolute atomic E-state index is 0.0515. The molecule has 2 heterocycles. The largest absolute Gasteiger partial charge is 0.396 e. The molecular weight excluding hydrogens is 286 g/mol. The molecule has 0 spiro atoms. The van der Waals surface area contributed by atoms with Crippen molar-refractivity contribution in [1.29, 1.82) is 0 Å². The molecule has 2 N–H and O–H groups in total. The van der Waals surface area contributed by atoms with E-state index < -0.39 is 10.0 Å². The molecule has 1 aliphatic heterocycles. The van der Waals surface area contributed by atoms with E-state index in [9.17, 15) is 8.42 Å². The summed E-state index contributed by atoms with van der Waals surface area (Å²) in [7, 11) is -3.66. The third-order valence-electron chi connectivity index (χ3n) is 3.70. The summed E-state index contributed by atoms with van der Waals surface area (Å²) in [5.41, 5.74) is 8.23. The average molecular weight is 303 g/mol. The smallest absolute Gasteiger partial charge is 0.262 e. The van der Waals surface area contributed by atoms with Crippen LogP contribution in [-0.4, -0.2) is 24.3 Å². The molecule has 0 radical (unpaired) electrons. The second-order valence-electron chi connectivity index (χ2n) is 5.11. The Balaban J connectivity index is 1.99. The molecule has 5 nitrogen and oxygen atoms in total. The lowest BCUT2D eigenvalue weighted by Crippen LogP contribution is -2.32. The molecule has 3 rings (SSSR count). The number of aromatic nitrogens is 1. The van der Waals surface area contributed by atoms with Crippen LogP contribution in [0.5, 0.6) is 0 Å². The van der Waals surface area contributed by atoms with E-state index in [1.54, 1.807) is 12.1 Å². The predicted molar refractivity (Wildman–Crippen MR) is 81.0 cm³/mol. The number of fused-ring (bicyclic) bond motifs is 1. The third kappa shape index (κ3) is 2.64. The minimum atomic E-state index is -3.66. The second-order valence-corrected chi connectivity index (χ2v) is 6.96. The summed E-state index contributed by atoms with van der Waals surface area (Å²) in [5, 5.41) is -0.0515. The zero-order valence-electron chi connectivity index (χ0n) is 11.6. The van der Waals surface area contributed by atoms with E-state index in [0.29, 0.717) is 13.1 Å². The van der Waals surface area contributed by atoms with Gasteiger partial charge in [-0.25, -0.2) is 13.4 Å². The maximum absolute atomic E-state index is 12.8. The Morgan fingerprint density at radius 1 is 1.10 bits per heavy atom. The van der Waals surface area contributed by atoms with Crippen molar-refractivity contribution in [3.8, 4) is 0 Å². The summed E-state index contributed by atoms with van der Waals surface area (Å²) in [6, 6.07) is 11.1. The molecule has 110 valence electrons. The molecule has 1 aromatic heterocycles. The molecule has 0 amide bonds. The van der Waals surface area contributed by atoms with Gasteiger partial charge in [0.25, 0.3) is 10.0 Å². The highest BCUT2D eigenvalue weighted by Crippen LogP contribution is 2.25. The first-order valence-electron chi connectivity index (χ1n) is 6.86. The molecule has 0 bridgehead atoms. The maximum atomic E-state index is 12.8. The lowest BCUT2D eigenvalue weighted by atomic mass is 10.0. The van der Waals surface area contributed by atoms with Gasteiger partial charge in [-0.15, -0.1) is 0 Å². The van der Waals surface area contributed by atoms with Crippen LogP contribution in [0, 0.1) is 0 Å². The van der Waals surface area contributed by atoms with Gasteiger partial charge in [0, 0.05) is 19.3 Å². The summed E-state index contributed by atoms with van der Waals surface area (Å²) < 4.78 is 27.0. The van der Waals surface area contributed by atoms with Crippen LogP contribution < -0.4 is 5.73 Å². The van der Waals surface area contributed by atoms with Crippen LogP contribution in [0.15, 0.2) is 47.6 Å². The minimum Gasteiger partial charge on any atom is -0.396 e. The van der Waals surface area contributed by atoms with Gasteiger partial charge in [-0.1, -0.05) is 24.3 Å². The highest BCUT2D eigenvalue weighted by atomic mass is 32.2. The number of nitrogens with two attached hydrogens (primary N) is 1. The zero-order valence-corrected chi connectivity index (χ0v) is 12.4. The molecular formula is C15H17N3O2S. The number of aryl methyl sites for hydroxylation is 1. The fourth-order valence-electron chi connectivity index (χ4n) is 2.62. The fraction of sp³-hybridized carbons (Fsp3) is 0.267. The molecule has 1 aromatic carbocycles. The molecule has 0 fully saturated rings. The summed E-state index contributed by atoms with van der Waals surface area (Å²) in [5.74, 6) is 0. The number of rotatable bonds is 2. The highest BCUT2D eigenvalue weighted by molar-refractivity contribution is 7.89. The monoisotopic (exact) mass is 303 g/mol. The quantitative estimate of drug-likeness (QED) is 0.918. The van der Waals surface area contributed by atoms with Crippen molar-refractivity contribution in [2.24, 2.45) is 0 Å². The first-order chi connectivity index (χ1) is 10.1. The first-order valence-corrected chi connectivity index (χ1v) is 8.30. The van der Waals surface area contributed by atoms with Crippen LogP contribution >= 0.6 is 0 Å². The fourth-order valence-corrected chi connectivity index (χ4v) is 4.10.